The Balaban J connectivity index is 1.57. The number of carbonyl (C=O) groups is 3. The molecule has 2 aliphatic heterocycles. The molecule has 0 atom stereocenters. The average Bonchev–Trinajstić information content (AvgIpc) is 3.23. The van der Waals surface area contributed by atoms with E-state index in [-0.39, 0.29) is 47.8 Å². The lowest BCUT2D eigenvalue weighted by atomic mass is 10.0. The van der Waals surface area contributed by atoms with Gasteiger partial charge in [-0.25, -0.2) is 4.68 Å². The van der Waals surface area contributed by atoms with Crippen LogP contribution in [0.5, 0.6) is 5.75 Å². The minimum atomic E-state index is -2.24. The number of ether oxygens (including phenoxy) is 1. The topological polar surface area (TPSA) is 111 Å². The van der Waals surface area contributed by atoms with E-state index in [0.29, 0.717) is 23.5 Å². The Morgan fingerprint density at radius 3 is 2.21 bits per heavy atom. The quantitative estimate of drug-likeness (QED) is 0.625. The van der Waals surface area contributed by atoms with Crippen LogP contribution in [0.2, 0.25) is 0 Å². The van der Waals surface area contributed by atoms with Crippen LogP contribution in [0.4, 0.5) is 11.4 Å². The van der Waals surface area contributed by atoms with Gasteiger partial charge in [0, 0.05) is 39.1 Å². The summed E-state index contributed by atoms with van der Waals surface area (Å²) in [6.07, 6.45) is 0.556. The summed E-state index contributed by atoms with van der Waals surface area (Å²) >= 11 is 0. The number of nitrogens with zero attached hydrogens (tertiary/aromatic N) is 4. The number of primary amides is 1. The van der Waals surface area contributed by atoms with Crippen molar-refractivity contribution in [1.82, 2.24) is 9.78 Å². The minimum absolute atomic E-state index is 0.00529. The van der Waals surface area contributed by atoms with Crippen molar-refractivity contribution in [3.63, 3.8) is 0 Å². The van der Waals surface area contributed by atoms with Gasteiger partial charge in [0.2, 0.25) is 5.91 Å². The fraction of sp³-hybridized carbons (Fsp3) is 0.280. The van der Waals surface area contributed by atoms with Gasteiger partial charge in [0.15, 0.2) is 5.69 Å². The van der Waals surface area contributed by atoms with E-state index in [4.69, 9.17) is 16.0 Å². The van der Waals surface area contributed by atoms with Crippen LogP contribution in [0, 0.1) is 0 Å². The summed E-state index contributed by atoms with van der Waals surface area (Å²) in [6.45, 7) is -4.09. The molecule has 5 rings (SSSR count). The molecule has 2 aliphatic rings. The number of anilines is 2. The second kappa shape index (κ2) is 8.66. The maximum absolute atomic E-state index is 13.9. The van der Waals surface area contributed by atoms with Crippen LogP contribution < -0.4 is 20.3 Å². The van der Waals surface area contributed by atoms with Crippen molar-refractivity contribution in [2.24, 2.45) is 5.73 Å². The molecule has 3 heterocycles. The van der Waals surface area contributed by atoms with Gasteiger partial charge in [-0.2, -0.15) is 5.10 Å². The monoisotopic (exact) mass is 463 g/mol. The number of hydrogen-bond donors (Lipinski definition) is 1. The van der Waals surface area contributed by atoms with Crippen molar-refractivity contribution in [3.05, 3.63) is 65.5 Å². The van der Waals surface area contributed by atoms with Gasteiger partial charge in [0.05, 0.1) is 15.5 Å². The average molecular weight is 464 g/mol. The lowest BCUT2D eigenvalue weighted by molar-refractivity contribution is -0.119. The molecule has 3 aromatic rings. The fourth-order valence-electron chi connectivity index (χ4n) is 4.11. The number of fused-ring (bicyclic) bond motifs is 1. The highest BCUT2D eigenvalue weighted by molar-refractivity contribution is 6.09. The molecule has 2 N–H and O–H groups in total. The summed E-state index contributed by atoms with van der Waals surface area (Å²) in [5.41, 5.74) is 6.42. The number of piperidine rings is 1. The molecular weight excluding hydrogens is 434 g/mol. The van der Waals surface area contributed by atoms with E-state index in [0.717, 1.165) is 9.80 Å². The van der Waals surface area contributed by atoms with E-state index in [1.54, 1.807) is 24.3 Å². The van der Waals surface area contributed by atoms with Crippen LogP contribution in [-0.4, -0.2) is 47.6 Å². The van der Waals surface area contributed by atoms with Gasteiger partial charge in [-0.1, -0.05) is 0 Å². The van der Waals surface area contributed by atoms with E-state index in [1.165, 1.54) is 36.1 Å². The standard InChI is InChI=1S/C25H25N5O4/c1-34-19-11-9-18(10-12-19)30-23-20(22(27-30)24(26)32)13-15-29(25(23)33)17-7-5-16(6-8-17)28-14-3-2-4-21(28)31/h5-12H,2-4,13-15H2,1H3,(H2,26,32)/i14D2,15D2. The van der Waals surface area contributed by atoms with Gasteiger partial charge in [0.25, 0.3) is 11.8 Å². The van der Waals surface area contributed by atoms with Crippen molar-refractivity contribution in [1.29, 1.82) is 0 Å². The van der Waals surface area contributed by atoms with Crippen LogP contribution in [0.1, 0.15) is 51.3 Å². The van der Waals surface area contributed by atoms with Gasteiger partial charge in [-0.3, -0.25) is 14.4 Å². The highest BCUT2D eigenvalue weighted by Crippen LogP contribution is 2.31. The van der Waals surface area contributed by atoms with Gasteiger partial charge < -0.3 is 20.3 Å². The number of carbonyl (C=O) groups excluding carboxylic acids is 3. The number of amides is 3. The van der Waals surface area contributed by atoms with Crippen LogP contribution in [-0.2, 0) is 11.2 Å². The fourth-order valence-corrected chi connectivity index (χ4v) is 4.11. The third kappa shape index (κ3) is 3.68. The zero-order chi connectivity index (χ0) is 27.4. The van der Waals surface area contributed by atoms with Crippen molar-refractivity contribution < 1.29 is 24.6 Å². The number of aromatic nitrogens is 2. The summed E-state index contributed by atoms with van der Waals surface area (Å²) in [5.74, 6) is -1.38. The first kappa shape index (κ1) is 17.4. The molecule has 9 heteroatoms. The summed E-state index contributed by atoms with van der Waals surface area (Å²) in [5, 5.41) is 4.26. The molecule has 174 valence electrons. The Morgan fingerprint density at radius 1 is 0.941 bits per heavy atom. The normalized spacial score (nSPS) is 20.6. The molecule has 1 aromatic heterocycles. The molecule has 34 heavy (non-hydrogen) atoms. The van der Waals surface area contributed by atoms with Crippen LogP contribution in [0.25, 0.3) is 5.69 Å². The van der Waals surface area contributed by atoms with Crippen molar-refractivity contribution in [2.75, 3.05) is 29.9 Å². The van der Waals surface area contributed by atoms with E-state index >= 15 is 0 Å². The number of rotatable bonds is 5. The van der Waals surface area contributed by atoms with E-state index in [2.05, 4.69) is 5.10 Å². The van der Waals surface area contributed by atoms with Crippen molar-refractivity contribution in [3.8, 4) is 11.4 Å². The first-order valence-electron chi connectivity index (χ1n) is 12.8. The molecule has 2 aromatic carbocycles. The zero-order valence-electron chi connectivity index (χ0n) is 22.4. The van der Waals surface area contributed by atoms with Crippen LogP contribution in [0.15, 0.2) is 48.5 Å². The molecule has 9 nitrogen and oxygen atoms in total. The predicted molar refractivity (Wildman–Crippen MR) is 127 cm³/mol. The van der Waals surface area contributed by atoms with Gasteiger partial charge in [-0.15, -0.1) is 0 Å². The molecule has 1 saturated heterocycles. The molecule has 0 spiro atoms. The van der Waals surface area contributed by atoms with Crippen molar-refractivity contribution in [2.45, 2.75) is 25.7 Å². The molecule has 0 aliphatic carbocycles. The predicted octanol–water partition coefficient (Wildman–Crippen LogP) is 2.70. The molecule has 0 bridgehead atoms. The second-order valence-electron chi connectivity index (χ2n) is 7.88. The number of hydrogen-bond acceptors (Lipinski definition) is 5. The Kier molecular flexibility index (Phi) is 4.42. The molecule has 0 unspecified atom stereocenters. The Morgan fingerprint density at radius 2 is 1.59 bits per heavy atom. The second-order valence-corrected chi connectivity index (χ2v) is 7.88. The largest absolute Gasteiger partial charge is 0.497 e. The van der Waals surface area contributed by atoms with Gasteiger partial charge in [-0.05, 0) is 67.8 Å². The zero-order valence-corrected chi connectivity index (χ0v) is 18.4. The smallest absolute Gasteiger partial charge is 0.277 e. The number of benzene rings is 2. The Bertz CT molecular complexity index is 1440. The lowest BCUT2D eigenvalue weighted by Crippen LogP contribution is -2.39. The summed E-state index contributed by atoms with van der Waals surface area (Å²) in [6, 6.07) is 12.5. The van der Waals surface area contributed by atoms with E-state index in [9.17, 15) is 14.4 Å². The highest BCUT2D eigenvalue weighted by Gasteiger charge is 2.34. The Labute approximate surface area is 202 Å². The summed E-state index contributed by atoms with van der Waals surface area (Å²) < 4.78 is 40.3. The summed E-state index contributed by atoms with van der Waals surface area (Å²) in [4.78, 5) is 40.6. The summed E-state index contributed by atoms with van der Waals surface area (Å²) in [7, 11) is 1.51. The van der Waals surface area contributed by atoms with Crippen LogP contribution in [0.3, 0.4) is 0 Å². The van der Waals surface area contributed by atoms with Gasteiger partial charge in [0.1, 0.15) is 11.4 Å². The highest BCUT2D eigenvalue weighted by atomic mass is 16.5. The molecular formula is C25H25N5O4. The maximum atomic E-state index is 13.9. The first-order valence-corrected chi connectivity index (χ1v) is 10.8. The number of methoxy groups -OCH3 is 1. The lowest BCUT2D eigenvalue weighted by Gasteiger charge is -2.29. The number of nitrogens with two attached hydrogens (primary N) is 1. The molecule has 0 radical (unpaired) electrons. The van der Waals surface area contributed by atoms with E-state index in [1.807, 2.05) is 0 Å². The minimum Gasteiger partial charge on any atom is -0.497 e. The molecule has 3 amide bonds. The third-order valence-corrected chi connectivity index (χ3v) is 5.81. The maximum Gasteiger partial charge on any atom is 0.277 e. The Hall–Kier alpha value is -4.14. The van der Waals surface area contributed by atoms with E-state index < -0.39 is 24.8 Å². The van der Waals surface area contributed by atoms with Crippen LogP contribution >= 0.6 is 0 Å². The van der Waals surface area contributed by atoms with Crippen molar-refractivity contribution >= 4 is 29.1 Å². The van der Waals surface area contributed by atoms with Gasteiger partial charge >= 0.3 is 0 Å². The third-order valence-electron chi connectivity index (χ3n) is 5.81. The molecule has 1 fully saturated rings. The SMILES string of the molecule is [2H]C1([2H])CCCC(=O)N1c1ccc(N2C(=O)c3c(c(C(N)=O)nn3-c3ccc(OC)cc3)CC2([2H])[2H])cc1. The molecule has 0 saturated carbocycles. The first-order chi connectivity index (χ1) is 17.9.